The monoisotopic (exact) mass is 160 g/mol. The molecular formula is C8H16O3. The lowest BCUT2D eigenvalue weighted by molar-refractivity contribution is -0.103. The molecule has 3 heteroatoms. The number of aliphatic hydroxyl groups is 2. The molecule has 2 N–H and O–H groups in total. The molecule has 66 valence electrons. The molecule has 0 aromatic heterocycles. The molecule has 0 aliphatic heterocycles. The van der Waals surface area contributed by atoms with E-state index in [2.05, 4.69) is 6.58 Å². The van der Waals surface area contributed by atoms with E-state index in [4.69, 9.17) is 14.9 Å². The lowest BCUT2D eigenvalue weighted by Crippen LogP contribution is -2.12. The van der Waals surface area contributed by atoms with Crippen molar-refractivity contribution in [3.8, 4) is 0 Å². The molecule has 11 heavy (non-hydrogen) atoms. The molecule has 0 aliphatic rings. The molecule has 0 radical (unpaired) electrons. The molecule has 0 saturated heterocycles. The molecule has 1 atom stereocenters. The second kappa shape index (κ2) is 7.72. The van der Waals surface area contributed by atoms with Crippen molar-refractivity contribution in [1.82, 2.24) is 0 Å². The van der Waals surface area contributed by atoms with E-state index in [1.54, 1.807) is 6.08 Å². The van der Waals surface area contributed by atoms with Crippen LogP contribution < -0.4 is 0 Å². The number of aliphatic hydroxyl groups excluding tert-OH is 2. The van der Waals surface area contributed by atoms with Gasteiger partial charge in [-0.3, -0.25) is 0 Å². The third-order valence-corrected chi connectivity index (χ3v) is 1.24. The molecule has 0 aliphatic carbocycles. The van der Waals surface area contributed by atoms with Gasteiger partial charge in [0.25, 0.3) is 0 Å². The molecule has 0 rings (SSSR count). The minimum absolute atomic E-state index is 0.0991. The number of hydrogen-bond donors (Lipinski definition) is 2. The van der Waals surface area contributed by atoms with E-state index in [1.165, 1.54) is 0 Å². The molecule has 0 saturated carbocycles. The van der Waals surface area contributed by atoms with Gasteiger partial charge in [-0.2, -0.15) is 0 Å². The lowest BCUT2D eigenvalue weighted by atomic mass is 10.3. The van der Waals surface area contributed by atoms with Gasteiger partial charge in [-0.1, -0.05) is 6.08 Å². The Bertz CT molecular complexity index is 93.3. The number of hydrogen-bond acceptors (Lipinski definition) is 3. The van der Waals surface area contributed by atoms with Crippen LogP contribution in [-0.2, 0) is 4.74 Å². The molecular weight excluding hydrogens is 144 g/mol. The maximum absolute atomic E-state index is 9.04. The fourth-order valence-electron chi connectivity index (χ4n) is 0.637. The first-order valence-corrected chi connectivity index (χ1v) is 3.82. The van der Waals surface area contributed by atoms with E-state index in [0.29, 0.717) is 19.4 Å². The van der Waals surface area contributed by atoms with Crippen molar-refractivity contribution in [3.63, 3.8) is 0 Å². The molecule has 3 nitrogen and oxygen atoms in total. The quantitative estimate of drug-likeness (QED) is 0.327. The van der Waals surface area contributed by atoms with E-state index in [0.717, 1.165) is 6.42 Å². The highest BCUT2D eigenvalue weighted by Gasteiger charge is 2.01. The summed E-state index contributed by atoms with van der Waals surface area (Å²) in [7, 11) is 0. The lowest BCUT2D eigenvalue weighted by Gasteiger charge is -2.09. The summed E-state index contributed by atoms with van der Waals surface area (Å²) in [4.78, 5) is 0. The summed E-state index contributed by atoms with van der Waals surface area (Å²) in [6, 6.07) is 0. The standard InChI is InChI=1S/C8H16O3/c1-2-3-7-11-8(10)5-4-6-9/h2,8-10H,1,3-7H2. The second-order valence-corrected chi connectivity index (χ2v) is 2.27. The Labute approximate surface area is 67.3 Å². The topological polar surface area (TPSA) is 49.7 Å². The molecule has 0 spiro atoms. The number of rotatable bonds is 7. The van der Waals surface area contributed by atoms with Gasteiger partial charge in [0.2, 0.25) is 0 Å². The highest BCUT2D eigenvalue weighted by molar-refractivity contribution is 4.64. The zero-order valence-corrected chi connectivity index (χ0v) is 6.70. The van der Waals surface area contributed by atoms with Crippen LogP contribution in [0.25, 0.3) is 0 Å². The van der Waals surface area contributed by atoms with Crippen LogP contribution in [0.5, 0.6) is 0 Å². The summed E-state index contributed by atoms with van der Waals surface area (Å²) >= 11 is 0. The van der Waals surface area contributed by atoms with Gasteiger partial charge < -0.3 is 14.9 Å². The average Bonchev–Trinajstić information content (AvgIpc) is 2.01. The van der Waals surface area contributed by atoms with Crippen LogP contribution in [0.15, 0.2) is 12.7 Å². The Morgan fingerprint density at radius 2 is 2.27 bits per heavy atom. The Morgan fingerprint density at radius 3 is 2.82 bits per heavy atom. The van der Waals surface area contributed by atoms with Crippen LogP contribution in [0.3, 0.4) is 0 Å². The Balaban J connectivity index is 3.08. The van der Waals surface area contributed by atoms with Crippen LogP contribution in [0.4, 0.5) is 0 Å². The third-order valence-electron chi connectivity index (χ3n) is 1.24. The molecule has 0 heterocycles. The van der Waals surface area contributed by atoms with Crippen molar-refractivity contribution in [3.05, 3.63) is 12.7 Å². The van der Waals surface area contributed by atoms with Gasteiger partial charge in [0.05, 0.1) is 6.61 Å². The smallest absolute Gasteiger partial charge is 0.154 e. The van der Waals surface area contributed by atoms with E-state index >= 15 is 0 Å². The Morgan fingerprint density at radius 1 is 1.55 bits per heavy atom. The predicted molar refractivity (Wildman–Crippen MR) is 43.1 cm³/mol. The molecule has 0 aromatic rings. The van der Waals surface area contributed by atoms with Gasteiger partial charge >= 0.3 is 0 Å². The normalized spacial score (nSPS) is 12.9. The fraction of sp³-hybridized carbons (Fsp3) is 0.750. The zero-order valence-electron chi connectivity index (χ0n) is 6.70. The summed E-state index contributed by atoms with van der Waals surface area (Å²) < 4.78 is 4.96. The van der Waals surface area contributed by atoms with Crippen LogP contribution in [0, 0.1) is 0 Å². The Kier molecular flexibility index (Phi) is 7.46. The van der Waals surface area contributed by atoms with Crippen molar-refractivity contribution in [2.45, 2.75) is 25.6 Å². The maximum atomic E-state index is 9.04. The zero-order chi connectivity index (χ0) is 8.53. The van der Waals surface area contributed by atoms with Crippen molar-refractivity contribution in [2.24, 2.45) is 0 Å². The van der Waals surface area contributed by atoms with Gasteiger partial charge in [0.1, 0.15) is 0 Å². The van der Waals surface area contributed by atoms with Gasteiger partial charge in [0, 0.05) is 13.0 Å². The van der Waals surface area contributed by atoms with Gasteiger partial charge in [-0.15, -0.1) is 6.58 Å². The second-order valence-electron chi connectivity index (χ2n) is 2.27. The first-order valence-electron chi connectivity index (χ1n) is 3.82. The molecule has 0 fully saturated rings. The number of ether oxygens (including phenoxy) is 1. The first kappa shape index (κ1) is 10.6. The minimum atomic E-state index is -0.734. The van der Waals surface area contributed by atoms with Crippen LogP contribution in [0.1, 0.15) is 19.3 Å². The van der Waals surface area contributed by atoms with E-state index in [-0.39, 0.29) is 6.61 Å². The average molecular weight is 160 g/mol. The van der Waals surface area contributed by atoms with E-state index in [9.17, 15) is 0 Å². The van der Waals surface area contributed by atoms with Gasteiger partial charge in [-0.25, -0.2) is 0 Å². The Hall–Kier alpha value is -0.380. The maximum Gasteiger partial charge on any atom is 0.154 e. The highest BCUT2D eigenvalue weighted by atomic mass is 16.6. The SMILES string of the molecule is C=CCCOC(O)CCCO. The van der Waals surface area contributed by atoms with Crippen LogP contribution >= 0.6 is 0 Å². The summed E-state index contributed by atoms with van der Waals surface area (Å²) in [5.74, 6) is 0. The van der Waals surface area contributed by atoms with E-state index in [1.807, 2.05) is 0 Å². The van der Waals surface area contributed by atoms with Crippen molar-refractivity contribution in [1.29, 1.82) is 0 Å². The largest absolute Gasteiger partial charge is 0.396 e. The summed E-state index contributed by atoms with van der Waals surface area (Å²) in [6.07, 6.45) is 2.82. The third kappa shape index (κ3) is 7.52. The van der Waals surface area contributed by atoms with Crippen molar-refractivity contribution in [2.75, 3.05) is 13.2 Å². The van der Waals surface area contributed by atoms with Gasteiger partial charge in [-0.05, 0) is 12.8 Å². The minimum Gasteiger partial charge on any atom is -0.396 e. The summed E-state index contributed by atoms with van der Waals surface area (Å²) in [5.41, 5.74) is 0. The van der Waals surface area contributed by atoms with Crippen LogP contribution in [0.2, 0.25) is 0 Å². The molecule has 1 unspecified atom stereocenters. The van der Waals surface area contributed by atoms with Crippen molar-refractivity contribution < 1.29 is 14.9 Å². The fourth-order valence-corrected chi connectivity index (χ4v) is 0.637. The van der Waals surface area contributed by atoms with Gasteiger partial charge in [0.15, 0.2) is 6.29 Å². The molecule has 0 aromatic carbocycles. The summed E-state index contributed by atoms with van der Waals surface area (Å²) in [6.45, 7) is 4.11. The van der Waals surface area contributed by atoms with Crippen molar-refractivity contribution >= 4 is 0 Å². The highest BCUT2D eigenvalue weighted by Crippen LogP contribution is 1.98. The first-order chi connectivity index (χ1) is 5.31. The predicted octanol–water partition coefficient (Wildman–Crippen LogP) is 0.670. The molecule has 0 bridgehead atoms. The summed E-state index contributed by atoms with van der Waals surface area (Å²) in [5, 5.41) is 17.4. The van der Waals surface area contributed by atoms with Crippen LogP contribution in [-0.4, -0.2) is 29.7 Å². The molecule has 0 amide bonds. The van der Waals surface area contributed by atoms with E-state index < -0.39 is 6.29 Å².